The van der Waals surface area contributed by atoms with Crippen LogP contribution in [0.4, 0.5) is 5.69 Å². The third-order valence-corrected chi connectivity index (χ3v) is 3.28. The Hall–Kier alpha value is -2.00. The van der Waals surface area contributed by atoms with E-state index in [2.05, 4.69) is 17.0 Å². The Morgan fingerprint density at radius 2 is 1.84 bits per heavy atom. The highest BCUT2D eigenvalue weighted by Gasteiger charge is 2.15. The lowest BCUT2D eigenvalue weighted by Crippen LogP contribution is -2.20. The minimum atomic E-state index is -0.233. The van der Waals surface area contributed by atoms with Crippen LogP contribution in [0.15, 0.2) is 24.3 Å². The van der Waals surface area contributed by atoms with E-state index in [4.69, 9.17) is 10.5 Å². The van der Waals surface area contributed by atoms with Crippen LogP contribution < -0.4 is 4.90 Å². The topological polar surface area (TPSA) is 50.8 Å². The minimum Gasteiger partial charge on any atom is -0.374 e. The van der Waals surface area contributed by atoms with Crippen molar-refractivity contribution in [3.8, 4) is 12.1 Å². The molecule has 0 saturated heterocycles. The van der Waals surface area contributed by atoms with Gasteiger partial charge in [0.1, 0.15) is 6.07 Å². The van der Waals surface area contributed by atoms with Gasteiger partial charge in [-0.05, 0) is 38.8 Å². The Morgan fingerprint density at radius 1 is 1.16 bits per heavy atom. The maximum atomic E-state index is 9.06. The van der Waals surface area contributed by atoms with Gasteiger partial charge >= 0.3 is 0 Å². The molecular formula is C16H21N3. The lowest BCUT2D eigenvalue weighted by Gasteiger charge is -2.21. The van der Waals surface area contributed by atoms with Crippen molar-refractivity contribution in [2.45, 2.75) is 33.1 Å². The summed E-state index contributed by atoms with van der Waals surface area (Å²) in [7, 11) is 2.01. The van der Waals surface area contributed by atoms with Gasteiger partial charge in [-0.1, -0.05) is 18.6 Å². The van der Waals surface area contributed by atoms with Gasteiger partial charge in [0.15, 0.2) is 0 Å². The van der Waals surface area contributed by atoms with Crippen molar-refractivity contribution in [3.63, 3.8) is 0 Å². The molecule has 0 saturated carbocycles. The van der Waals surface area contributed by atoms with E-state index in [-0.39, 0.29) is 5.41 Å². The average Bonchev–Trinajstić information content (AvgIpc) is 2.43. The second kappa shape index (κ2) is 6.81. The molecule has 1 aromatic rings. The van der Waals surface area contributed by atoms with Crippen LogP contribution in [-0.2, 0) is 0 Å². The number of unbranched alkanes of at least 4 members (excludes halogenated alkanes) is 1. The van der Waals surface area contributed by atoms with E-state index in [0.717, 1.165) is 31.5 Å². The molecule has 0 aliphatic carbocycles. The summed E-state index contributed by atoms with van der Waals surface area (Å²) in [6, 6.07) is 12.2. The highest BCUT2D eigenvalue weighted by Crippen LogP contribution is 2.23. The van der Waals surface area contributed by atoms with Gasteiger partial charge in [0, 0.05) is 13.6 Å². The Bertz CT molecular complexity index is 491. The molecule has 0 unspecified atom stereocenters. The van der Waals surface area contributed by atoms with Gasteiger partial charge in [0.2, 0.25) is 0 Å². The summed E-state index contributed by atoms with van der Waals surface area (Å²) in [4.78, 5) is 2.11. The van der Waals surface area contributed by atoms with Gasteiger partial charge in [-0.15, -0.1) is 0 Å². The largest absolute Gasteiger partial charge is 0.374 e. The number of nitrogens with zero attached hydrogens (tertiary/aromatic N) is 3. The molecule has 0 heterocycles. The summed E-state index contributed by atoms with van der Waals surface area (Å²) in [6.07, 6.45) is 2.97. The molecule has 0 radical (unpaired) electrons. The fraction of sp³-hybridized carbons (Fsp3) is 0.500. The van der Waals surface area contributed by atoms with Crippen molar-refractivity contribution in [2.24, 2.45) is 5.41 Å². The molecular weight excluding hydrogens is 234 g/mol. The van der Waals surface area contributed by atoms with Crippen LogP contribution in [0.25, 0.3) is 0 Å². The van der Waals surface area contributed by atoms with Crippen molar-refractivity contribution in [1.29, 1.82) is 10.5 Å². The fourth-order valence-corrected chi connectivity index (χ4v) is 1.99. The normalized spacial score (nSPS) is 10.6. The fourth-order valence-electron chi connectivity index (χ4n) is 1.99. The van der Waals surface area contributed by atoms with E-state index in [1.807, 2.05) is 45.2 Å². The molecule has 0 spiro atoms. The molecule has 0 aliphatic rings. The maximum absolute atomic E-state index is 9.06. The Morgan fingerprint density at radius 3 is 2.47 bits per heavy atom. The zero-order valence-corrected chi connectivity index (χ0v) is 12.0. The smallest absolute Gasteiger partial charge is 0.101 e. The SMILES string of the molecule is CN(CCCCC(C)(C)C#N)c1ccccc1C#N. The highest BCUT2D eigenvalue weighted by molar-refractivity contribution is 5.58. The molecule has 0 fully saturated rings. The van der Waals surface area contributed by atoms with E-state index >= 15 is 0 Å². The maximum Gasteiger partial charge on any atom is 0.101 e. The molecule has 19 heavy (non-hydrogen) atoms. The number of para-hydroxylation sites is 1. The summed E-state index contributed by atoms with van der Waals surface area (Å²) in [5, 5.41) is 18.0. The Balaban J connectivity index is 2.47. The molecule has 0 amide bonds. The molecule has 100 valence electrons. The first-order valence-corrected chi connectivity index (χ1v) is 6.62. The van der Waals surface area contributed by atoms with E-state index < -0.39 is 0 Å². The lowest BCUT2D eigenvalue weighted by atomic mass is 9.89. The van der Waals surface area contributed by atoms with Crippen LogP contribution in [-0.4, -0.2) is 13.6 Å². The summed E-state index contributed by atoms with van der Waals surface area (Å²) in [6.45, 7) is 4.85. The van der Waals surface area contributed by atoms with Gasteiger partial charge in [0.05, 0.1) is 22.7 Å². The molecule has 3 nitrogen and oxygen atoms in total. The molecule has 0 N–H and O–H groups in total. The molecule has 0 atom stereocenters. The van der Waals surface area contributed by atoms with Gasteiger partial charge < -0.3 is 4.90 Å². The number of hydrogen-bond acceptors (Lipinski definition) is 3. The van der Waals surface area contributed by atoms with Crippen LogP contribution >= 0.6 is 0 Å². The van der Waals surface area contributed by atoms with Gasteiger partial charge in [-0.2, -0.15) is 10.5 Å². The molecule has 1 rings (SSSR count). The third kappa shape index (κ3) is 4.64. The predicted molar refractivity (Wildman–Crippen MR) is 77.7 cm³/mol. The monoisotopic (exact) mass is 255 g/mol. The zero-order valence-electron chi connectivity index (χ0n) is 12.0. The standard InChI is InChI=1S/C16H21N3/c1-16(2,13-18)10-6-7-11-19(3)15-9-5-4-8-14(15)12-17/h4-5,8-9H,6-7,10-11H2,1-3H3. The quantitative estimate of drug-likeness (QED) is 0.728. The van der Waals surface area contributed by atoms with Crippen LogP contribution in [0.2, 0.25) is 0 Å². The number of nitriles is 2. The predicted octanol–water partition coefficient (Wildman–Crippen LogP) is 3.71. The summed E-state index contributed by atoms with van der Waals surface area (Å²) in [5.74, 6) is 0. The summed E-state index contributed by atoms with van der Waals surface area (Å²) in [5.41, 5.74) is 1.45. The zero-order chi connectivity index (χ0) is 14.3. The highest BCUT2D eigenvalue weighted by atomic mass is 15.1. The van der Waals surface area contributed by atoms with Crippen molar-refractivity contribution < 1.29 is 0 Å². The molecule has 0 aliphatic heterocycles. The van der Waals surface area contributed by atoms with Crippen LogP contribution in [0.1, 0.15) is 38.7 Å². The number of anilines is 1. The van der Waals surface area contributed by atoms with Crippen LogP contribution in [0.5, 0.6) is 0 Å². The van der Waals surface area contributed by atoms with E-state index in [1.54, 1.807) is 0 Å². The Kier molecular flexibility index (Phi) is 5.39. The van der Waals surface area contributed by atoms with Crippen LogP contribution in [0, 0.1) is 28.1 Å². The number of hydrogen-bond donors (Lipinski definition) is 0. The van der Waals surface area contributed by atoms with Crippen molar-refractivity contribution in [1.82, 2.24) is 0 Å². The van der Waals surface area contributed by atoms with E-state index in [1.165, 1.54) is 0 Å². The third-order valence-electron chi connectivity index (χ3n) is 3.28. The molecule has 1 aromatic carbocycles. The second-order valence-corrected chi connectivity index (χ2v) is 5.50. The summed E-state index contributed by atoms with van der Waals surface area (Å²) >= 11 is 0. The van der Waals surface area contributed by atoms with E-state index in [9.17, 15) is 0 Å². The Labute approximate surface area is 116 Å². The van der Waals surface area contributed by atoms with Gasteiger partial charge in [0.25, 0.3) is 0 Å². The molecule has 0 bridgehead atoms. The van der Waals surface area contributed by atoms with Crippen molar-refractivity contribution in [3.05, 3.63) is 29.8 Å². The molecule has 3 heteroatoms. The van der Waals surface area contributed by atoms with Gasteiger partial charge in [-0.25, -0.2) is 0 Å². The number of benzene rings is 1. The molecule has 0 aromatic heterocycles. The van der Waals surface area contributed by atoms with Gasteiger partial charge in [-0.3, -0.25) is 0 Å². The second-order valence-electron chi connectivity index (χ2n) is 5.50. The first-order chi connectivity index (χ1) is 9.00. The summed E-state index contributed by atoms with van der Waals surface area (Å²) < 4.78 is 0. The first kappa shape index (κ1) is 15.1. The first-order valence-electron chi connectivity index (χ1n) is 6.62. The average molecular weight is 255 g/mol. The lowest BCUT2D eigenvalue weighted by molar-refractivity contribution is 0.427. The minimum absolute atomic E-state index is 0.233. The number of rotatable bonds is 6. The van der Waals surface area contributed by atoms with Crippen molar-refractivity contribution in [2.75, 3.05) is 18.5 Å². The van der Waals surface area contributed by atoms with Crippen molar-refractivity contribution >= 4 is 5.69 Å². The van der Waals surface area contributed by atoms with E-state index in [0.29, 0.717) is 5.56 Å². The van der Waals surface area contributed by atoms with Crippen LogP contribution in [0.3, 0.4) is 0 Å².